The molecule has 5 nitrogen and oxygen atoms in total. The maximum absolute atomic E-state index is 13.0. The molecule has 0 radical (unpaired) electrons. The van der Waals surface area contributed by atoms with E-state index in [-0.39, 0.29) is 10.1 Å². The van der Waals surface area contributed by atoms with Gasteiger partial charge in [-0.1, -0.05) is 15.9 Å². The second-order valence-electron chi connectivity index (χ2n) is 4.53. The zero-order chi connectivity index (χ0) is 16.1. The molecule has 2 rings (SSSR count). The largest absolute Gasteiger partial charge is 0.439 e. The van der Waals surface area contributed by atoms with E-state index in [1.54, 1.807) is 0 Å². The van der Waals surface area contributed by atoms with E-state index < -0.39 is 33.2 Å². The molecule has 10 heteroatoms. The number of hydrogen-bond donors (Lipinski definition) is 1. The van der Waals surface area contributed by atoms with Gasteiger partial charge in [0.2, 0.25) is 0 Å². The summed E-state index contributed by atoms with van der Waals surface area (Å²) in [4.78, 5) is -0.396. The van der Waals surface area contributed by atoms with Crippen LogP contribution in [0.25, 0.3) is 0 Å². The zero-order valence-electron chi connectivity index (χ0n) is 10.6. The molecular formula is C11H10BrF3N2O3S. The summed E-state index contributed by atoms with van der Waals surface area (Å²) in [5.41, 5.74) is -3.70. The molecule has 0 unspecified atom stereocenters. The molecule has 116 valence electrons. The van der Waals surface area contributed by atoms with Gasteiger partial charge in [-0.05, 0) is 31.2 Å². The Kier molecular flexibility index (Phi) is 3.83. The summed E-state index contributed by atoms with van der Waals surface area (Å²) >= 11 is 3.09. The minimum Gasteiger partial charge on any atom is -0.361 e. The first kappa shape index (κ1) is 16.2. The van der Waals surface area contributed by atoms with Crippen LogP contribution >= 0.6 is 15.9 Å². The Hall–Kier alpha value is -1.13. The van der Waals surface area contributed by atoms with Crippen molar-refractivity contribution in [2.24, 2.45) is 5.10 Å². The molecule has 0 aliphatic carbocycles. The van der Waals surface area contributed by atoms with E-state index in [0.717, 1.165) is 12.1 Å². The van der Waals surface area contributed by atoms with Crippen LogP contribution in [0.15, 0.2) is 38.7 Å². The Morgan fingerprint density at radius 3 is 2.33 bits per heavy atom. The van der Waals surface area contributed by atoms with Gasteiger partial charge >= 0.3 is 6.18 Å². The molecule has 0 spiro atoms. The first-order valence-electron chi connectivity index (χ1n) is 5.63. The highest BCUT2D eigenvalue weighted by Gasteiger charge is 2.64. The van der Waals surface area contributed by atoms with Crippen molar-refractivity contribution in [2.75, 3.05) is 0 Å². The van der Waals surface area contributed by atoms with Gasteiger partial charge in [-0.2, -0.15) is 26.7 Å². The van der Waals surface area contributed by atoms with E-state index in [1.165, 1.54) is 19.1 Å². The Balaban J connectivity index is 2.54. The molecule has 0 amide bonds. The molecule has 21 heavy (non-hydrogen) atoms. The lowest BCUT2D eigenvalue weighted by Gasteiger charge is -2.33. The molecule has 1 heterocycles. The van der Waals surface area contributed by atoms with E-state index in [4.69, 9.17) is 0 Å². The molecule has 0 fully saturated rings. The lowest BCUT2D eigenvalue weighted by molar-refractivity contribution is -0.291. The van der Waals surface area contributed by atoms with E-state index in [1.807, 2.05) is 0 Å². The molecule has 0 bridgehead atoms. The maximum Gasteiger partial charge on any atom is 0.439 e. The van der Waals surface area contributed by atoms with Gasteiger partial charge in [-0.25, -0.2) is 0 Å². The highest BCUT2D eigenvalue weighted by atomic mass is 79.9. The van der Waals surface area contributed by atoms with Crippen LogP contribution < -0.4 is 0 Å². The third-order valence-electron chi connectivity index (χ3n) is 2.87. The third-order valence-corrected chi connectivity index (χ3v) is 5.11. The van der Waals surface area contributed by atoms with Crippen LogP contribution in [0.5, 0.6) is 0 Å². The summed E-state index contributed by atoms with van der Waals surface area (Å²) in [7, 11) is -4.62. The van der Waals surface area contributed by atoms with Gasteiger partial charge in [0.05, 0.1) is 4.90 Å². The first-order valence-corrected chi connectivity index (χ1v) is 7.86. The molecule has 1 aromatic rings. The van der Waals surface area contributed by atoms with Gasteiger partial charge in [0.1, 0.15) is 0 Å². The van der Waals surface area contributed by atoms with Gasteiger partial charge in [-0.3, -0.25) is 0 Å². The van der Waals surface area contributed by atoms with Crippen LogP contribution in [-0.2, 0) is 10.0 Å². The second-order valence-corrected chi connectivity index (χ2v) is 7.21. The van der Waals surface area contributed by atoms with Crippen LogP contribution in [0.2, 0.25) is 0 Å². The monoisotopic (exact) mass is 386 g/mol. The van der Waals surface area contributed by atoms with Crippen LogP contribution in [0, 0.1) is 0 Å². The SMILES string of the molecule is CC1=NN(S(=O)(=O)c2ccc(Br)cc2)[C@](O)(C(F)(F)F)C1. The van der Waals surface area contributed by atoms with Gasteiger partial charge in [-0.15, -0.1) is 4.41 Å². The lowest BCUT2D eigenvalue weighted by atomic mass is 10.1. The minimum atomic E-state index is -5.17. The smallest absolute Gasteiger partial charge is 0.361 e. The maximum atomic E-state index is 13.0. The molecule has 0 aromatic heterocycles. The third kappa shape index (κ3) is 2.67. The van der Waals surface area contributed by atoms with E-state index in [0.29, 0.717) is 4.47 Å². The highest BCUT2D eigenvalue weighted by Crippen LogP contribution is 2.43. The average molecular weight is 387 g/mol. The Morgan fingerprint density at radius 2 is 1.86 bits per heavy atom. The minimum absolute atomic E-state index is 0.129. The van der Waals surface area contributed by atoms with Crippen LogP contribution in [0.4, 0.5) is 13.2 Å². The summed E-state index contributed by atoms with van der Waals surface area (Å²) < 4.78 is 64.0. The standard InChI is InChI=1S/C11H10BrF3N2O3S/c1-7-6-10(18,11(13,14)15)17(16-7)21(19,20)9-4-2-8(12)3-5-9/h2-5,18H,6H2,1H3/t10-/m1/s1. The fourth-order valence-corrected chi connectivity index (χ4v) is 3.62. The second kappa shape index (κ2) is 4.96. The van der Waals surface area contributed by atoms with Crippen molar-refractivity contribution in [3.63, 3.8) is 0 Å². The number of hydrogen-bond acceptors (Lipinski definition) is 4. The molecule has 1 aromatic carbocycles. The van der Waals surface area contributed by atoms with Gasteiger partial charge in [0, 0.05) is 16.6 Å². The highest BCUT2D eigenvalue weighted by molar-refractivity contribution is 9.10. The van der Waals surface area contributed by atoms with Gasteiger partial charge in [0.15, 0.2) is 0 Å². The van der Waals surface area contributed by atoms with Gasteiger partial charge < -0.3 is 5.11 Å². The fourth-order valence-electron chi connectivity index (χ4n) is 1.87. The van der Waals surface area contributed by atoms with Crippen molar-refractivity contribution in [1.82, 2.24) is 4.41 Å². The number of aliphatic hydroxyl groups is 1. The summed E-state index contributed by atoms with van der Waals surface area (Å²) in [5, 5.41) is 13.2. The van der Waals surface area contributed by atoms with Crippen LogP contribution in [0.3, 0.4) is 0 Å². The number of rotatable bonds is 2. The van der Waals surface area contributed by atoms with E-state index in [2.05, 4.69) is 21.0 Å². The number of alkyl halides is 3. The zero-order valence-corrected chi connectivity index (χ0v) is 13.0. The van der Waals surface area contributed by atoms with Crippen LogP contribution in [-0.4, -0.2) is 35.6 Å². The molecule has 0 saturated carbocycles. The number of halogens is 4. The molecule has 1 aliphatic rings. The normalized spacial score (nSPS) is 23.3. The summed E-state index contributed by atoms with van der Waals surface area (Å²) in [6.45, 7) is 1.22. The summed E-state index contributed by atoms with van der Waals surface area (Å²) in [6.07, 6.45) is -6.09. The Labute approximate surface area is 127 Å². The molecule has 1 N–H and O–H groups in total. The predicted molar refractivity (Wildman–Crippen MR) is 71.9 cm³/mol. The Bertz CT molecular complexity index is 688. The van der Waals surface area contributed by atoms with Crippen molar-refractivity contribution < 1.29 is 26.7 Å². The van der Waals surface area contributed by atoms with Crippen molar-refractivity contribution in [3.8, 4) is 0 Å². The van der Waals surface area contributed by atoms with Crippen molar-refractivity contribution in [2.45, 2.75) is 30.1 Å². The van der Waals surface area contributed by atoms with Crippen molar-refractivity contribution in [1.29, 1.82) is 0 Å². The summed E-state index contributed by atoms with van der Waals surface area (Å²) in [6, 6.07) is 4.98. The van der Waals surface area contributed by atoms with Crippen LogP contribution in [0.1, 0.15) is 13.3 Å². The number of hydrazone groups is 1. The first-order chi connectivity index (χ1) is 9.48. The number of sulfonamides is 1. The number of benzene rings is 1. The molecular weight excluding hydrogens is 377 g/mol. The van der Waals surface area contributed by atoms with E-state index in [9.17, 15) is 26.7 Å². The molecule has 1 aliphatic heterocycles. The molecule has 1 atom stereocenters. The van der Waals surface area contributed by atoms with Crippen molar-refractivity contribution >= 4 is 31.7 Å². The topological polar surface area (TPSA) is 70.0 Å². The average Bonchev–Trinajstić information content (AvgIpc) is 2.66. The van der Waals surface area contributed by atoms with Crippen molar-refractivity contribution in [3.05, 3.63) is 28.7 Å². The fraction of sp³-hybridized carbons (Fsp3) is 0.364. The quantitative estimate of drug-likeness (QED) is 0.848. The Morgan fingerprint density at radius 1 is 1.33 bits per heavy atom. The van der Waals surface area contributed by atoms with Gasteiger partial charge in [0.25, 0.3) is 15.7 Å². The lowest BCUT2D eigenvalue weighted by Crippen LogP contribution is -2.56. The number of nitrogens with zero attached hydrogens (tertiary/aromatic N) is 2. The van der Waals surface area contributed by atoms with E-state index >= 15 is 0 Å². The summed E-state index contributed by atoms with van der Waals surface area (Å²) in [5.74, 6) is 0. The molecule has 0 saturated heterocycles. The predicted octanol–water partition coefficient (Wildman–Crippen LogP) is 2.47.